The van der Waals surface area contributed by atoms with Crippen LogP contribution < -0.4 is 11.4 Å². The SMILES string of the molecule is Nc1ccn(C2OC(CO[P+](=O)O)C(O)C2O)c(=O)n1. The van der Waals surface area contributed by atoms with Crippen LogP contribution in [-0.2, 0) is 13.8 Å². The summed E-state index contributed by atoms with van der Waals surface area (Å²) in [4.78, 5) is 23.6. The molecule has 0 aromatic carbocycles. The van der Waals surface area contributed by atoms with Gasteiger partial charge in [0.1, 0.15) is 30.7 Å². The van der Waals surface area contributed by atoms with Crippen LogP contribution in [0, 0.1) is 0 Å². The number of aromatic nitrogens is 2. The lowest BCUT2D eigenvalue weighted by Gasteiger charge is -2.16. The van der Waals surface area contributed by atoms with Crippen LogP contribution in [-0.4, -0.2) is 49.6 Å². The quantitative estimate of drug-likeness (QED) is 0.467. The summed E-state index contributed by atoms with van der Waals surface area (Å²) in [5, 5.41) is 19.6. The van der Waals surface area contributed by atoms with Crippen molar-refractivity contribution < 1.29 is 28.9 Å². The van der Waals surface area contributed by atoms with E-state index < -0.39 is 45.1 Å². The molecule has 5 atom stereocenters. The van der Waals surface area contributed by atoms with Gasteiger partial charge in [-0.3, -0.25) is 4.57 Å². The molecule has 11 heteroatoms. The van der Waals surface area contributed by atoms with Gasteiger partial charge >= 0.3 is 13.9 Å². The minimum Gasteiger partial charge on any atom is -0.387 e. The lowest BCUT2D eigenvalue weighted by Crippen LogP contribution is -2.36. The Morgan fingerprint density at radius 2 is 2.20 bits per heavy atom. The van der Waals surface area contributed by atoms with Crippen molar-refractivity contribution in [2.24, 2.45) is 0 Å². The normalized spacial score (nSPS) is 30.4. The van der Waals surface area contributed by atoms with E-state index in [2.05, 4.69) is 9.51 Å². The van der Waals surface area contributed by atoms with Gasteiger partial charge in [0.2, 0.25) is 0 Å². The molecule has 0 amide bonds. The molecular weight excluding hydrogens is 293 g/mol. The Balaban J connectivity index is 2.17. The van der Waals surface area contributed by atoms with Crippen molar-refractivity contribution >= 4 is 14.1 Å². The number of nitrogens with two attached hydrogens (primary N) is 1. The summed E-state index contributed by atoms with van der Waals surface area (Å²) in [6.07, 6.45) is -3.76. The van der Waals surface area contributed by atoms with E-state index in [1.165, 1.54) is 12.3 Å². The van der Waals surface area contributed by atoms with Crippen LogP contribution >= 0.6 is 8.25 Å². The summed E-state index contributed by atoms with van der Waals surface area (Å²) in [6, 6.07) is 1.33. The van der Waals surface area contributed by atoms with Gasteiger partial charge in [0.25, 0.3) is 0 Å². The van der Waals surface area contributed by atoms with Gasteiger partial charge in [-0.1, -0.05) is 0 Å². The molecule has 2 heterocycles. The molecule has 20 heavy (non-hydrogen) atoms. The Hall–Kier alpha value is -1.42. The first-order valence-corrected chi connectivity index (χ1v) is 6.68. The molecule has 0 aliphatic carbocycles. The van der Waals surface area contributed by atoms with Crippen molar-refractivity contribution in [3.05, 3.63) is 22.7 Å². The minimum absolute atomic E-state index is 0.0106. The van der Waals surface area contributed by atoms with E-state index in [0.717, 1.165) is 4.57 Å². The third-order valence-electron chi connectivity index (χ3n) is 2.81. The molecule has 1 saturated heterocycles. The van der Waals surface area contributed by atoms with Crippen LogP contribution in [0.5, 0.6) is 0 Å². The standard InChI is InChI=1S/C9H12N3O7P/c10-5-1-2-12(9(15)11-5)8-7(14)6(13)4(19-8)3-18-20(16)17/h1-2,4,6-8,13-14H,3H2,(H2-,10,11,15,16,17)/p+1. The van der Waals surface area contributed by atoms with Gasteiger partial charge in [-0.05, 0) is 6.07 Å². The van der Waals surface area contributed by atoms with Gasteiger partial charge in [0, 0.05) is 10.8 Å². The van der Waals surface area contributed by atoms with E-state index >= 15 is 0 Å². The lowest BCUT2D eigenvalue weighted by atomic mass is 10.1. The Bertz CT molecular complexity index is 565. The second kappa shape index (κ2) is 5.92. The highest BCUT2D eigenvalue weighted by Crippen LogP contribution is 2.30. The number of hydrogen-bond acceptors (Lipinski definition) is 8. The molecule has 110 valence electrons. The van der Waals surface area contributed by atoms with Crippen LogP contribution in [0.15, 0.2) is 17.1 Å². The Labute approximate surface area is 113 Å². The predicted octanol–water partition coefficient (Wildman–Crippen LogP) is -1.89. The fourth-order valence-electron chi connectivity index (χ4n) is 1.85. The molecular formula is C9H13N3O7P+. The number of aliphatic hydroxyl groups excluding tert-OH is 2. The first-order chi connectivity index (χ1) is 9.40. The summed E-state index contributed by atoms with van der Waals surface area (Å²) < 4.78 is 21.1. The molecule has 0 saturated carbocycles. The molecule has 1 aromatic rings. The van der Waals surface area contributed by atoms with E-state index in [-0.39, 0.29) is 5.82 Å². The average molecular weight is 306 g/mol. The van der Waals surface area contributed by atoms with Crippen LogP contribution in [0.4, 0.5) is 5.82 Å². The fourth-order valence-corrected chi connectivity index (χ4v) is 2.13. The first-order valence-electron chi connectivity index (χ1n) is 5.55. The van der Waals surface area contributed by atoms with E-state index in [1.807, 2.05) is 0 Å². The molecule has 10 nitrogen and oxygen atoms in total. The second-order valence-electron chi connectivity index (χ2n) is 4.12. The number of nitrogens with zero attached hydrogens (tertiary/aromatic N) is 2. The molecule has 1 aliphatic rings. The summed E-state index contributed by atoms with van der Waals surface area (Å²) in [7, 11) is -2.85. The van der Waals surface area contributed by atoms with E-state index in [1.54, 1.807) is 0 Å². The molecule has 5 N–H and O–H groups in total. The molecule has 1 aliphatic heterocycles. The smallest absolute Gasteiger partial charge is 0.387 e. The number of aliphatic hydroxyl groups is 2. The third kappa shape index (κ3) is 3.01. The van der Waals surface area contributed by atoms with Crippen LogP contribution in [0.3, 0.4) is 0 Å². The van der Waals surface area contributed by atoms with Crippen LogP contribution in [0.25, 0.3) is 0 Å². The topological polar surface area (TPSA) is 157 Å². The summed E-state index contributed by atoms with van der Waals surface area (Å²) in [6.45, 7) is -0.405. The van der Waals surface area contributed by atoms with Crippen molar-refractivity contribution in [1.29, 1.82) is 0 Å². The van der Waals surface area contributed by atoms with Crippen molar-refractivity contribution in [2.45, 2.75) is 24.5 Å². The minimum atomic E-state index is -2.85. The molecule has 1 fully saturated rings. The van der Waals surface area contributed by atoms with Gasteiger partial charge < -0.3 is 20.7 Å². The van der Waals surface area contributed by atoms with E-state index in [0.29, 0.717) is 0 Å². The molecule has 2 rings (SSSR count). The molecule has 1 aromatic heterocycles. The van der Waals surface area contributed by atoms with Gasteiger partial charge in [-0.2, -0.15) is 4.98 Å². The third-order valence-corrected chi connectivity index (χ3v) is 3.18. The zero-order valence-electron chi connectivity index (χ0n) is 10.1. The predicted molar refractivity (Wildman–Crippen MR) is 64.6 cm³/mol. The van der Waals surface area contributed by atoms with Crippen molar-refractivity contribution in [1.82, 2.24) is 9.55 Å². The largest absolute Gasteiger partial charge is 0.694 e. The van der Waals surface area contributed by atoms with Crippen molar-refractivity contribution in [2.75, 3.05) is 12.3 Å². The van der Waals surface area contributed by atoms with Crippen molar-refractivity contribution in [3.63, 3.8) is 0 Å². The second-order valence-corrected chi connectivity index (χ2v) is 4.86. The van der Waals surface area contributed by atoms with Gasteiger partial charge in [-0.25, -0.2) is 4.79 Å². The van der Waals surface area contributed by atoms with E-state index in [4.69, 9.17) is 15.4 Å². The Morgan fingerprint density at radius 3 is 2.80 bits per heavy atom. The summed E-state index contributed by atoms with van der Waals surface area (Å²) in [5.74, 6) is 0.0106. The summed E-state index contributed by atoms with van der Waals surface area (Å²) >= 11 is 0. The highest BCUT2D eigenvalue weighted by atomic mass is 31.1. The number of nitrogen functional groups attached to an aromatic ring is 1. The zero-order valence-corrected chi connectivity index (χ0v) is 11.0. The van der Waals surface area contributed by atoms with Gasteiger partial charge in [-0.15, -0.1) is 9.42 Å². The fraction of sp³-hybridized carbons (Fsp3) is 0.556. The molecule has 0 bridgehead atoms. The Kier molecular flexibility index (Phi) is 4.43. The lowest BCUT2D eigenvalue weighted by molar-refractivity contribution is -0.0516. The van der Waals surface area contributed by atoms with E-state index in [9.17, 15) is 19.6 Å². The monoisotopic (exact) mass is 306 g/mol. The first kappa shape index (κ1) is 15.0. The van der Waals surface area contributed by atoms with Gasteiger partial charge in [0.15, 0.2) is 6.23 Å². The number of anilines is 1. The highest BCUT2D eigenvalue weighted by molar-refractivity contribution is 7.32. The van der Waals surface area contributed by atoms with Crippen molar-refractivity contribution in [3.8, 4) is 0 Å². The maximum absolute atomic E-state index is 11.6. The maximum atomic E-state index is 11.6. The van der Waals surface area contributed by atoms with Crippen LogP contribution in [0.1, 0.15) is 6.23 Å². The number of rotatable bonds is 4. The number of hydrogen-bond donors (Lipinski definition) is 4. The number of ether oxygens (including phenoxy) is 1. The molecule has 5 unspecified atom stereocenters. The summed E-state index contributed by atoms with van der Waals surface area (Å²) in [5.41, 5.74) is 4.59. The van der Waals surface area contributed by atoms with Crippen LogP contribution in [0.2, 0.25) is 0 Å². The molecule has 0 spiro atoms. The Morgan fingerprint density at radius 1 is 1.50 bits per heavy atom. The molecule has 0 radical (unpaired) electrons. The maximum Gasteiger partial charge on any atom is 0.694 e. The average Bonchev–Trinajstić information content (AvgIpc) is 2.64. The zero-order chi connectivity index (χ0) is 14.9. The highest BCUT2D eigenvalue weighted by Gasteiger charge is 2.45. The van der Waals surface area contributed by atoms with Gasteiger partial charge in [0.05, 0.1) is 0 Å².